The second-order valence-electron chi connectivity index (χ2n) is 3.99. The summed E-state index contributed by atoms with van der Waals surface area (Å²) in [5, 5.41) is 2.86. The van der Waals surface area contributed by atoms with Crippen molar-refractivity contribution >= 4 is 5.91 Å². The van der Waals surface area contributed by atoms with E-state index >= 15 is 0 Å². The van der Waals surface area contributed by atoms with Gasteiger partial charge in [0.05, 0.1) is 6.33 Å². The highest BCUT2D eigenvalue weighted by molar-refractivity contribution is 5.92. The van der Waals surface area contributed by atoms with Crippen LogP contribution in [0.15, 0.2) is 29.7 Å². The molecule has 0 radical (unpaired) electrons. The van der Waals surface area contributed by atoms with Crippen LogP contribution in [0.3, 0.4) is 0 Å². The van der Waals surface area contributed by atoms with Crippen LogP contribution < -0.4 is 11.0 Å². The van der Waals surface area contributed by atoms with Gasteiger partial charge in [0.2, 0.25) is 0 Å². The smallest absolute Gasteiger partial charge is 0.323 e. The molecule has 0 saturated heterocycles. The van der Waals surface area contributed by atoms with Gasteiger partial charge in [0.1, 0.15) is 5.69 Å². The molecule has 3 N–H and O–H groups in total. The zero-order valence-electron chi connectivity index (χ0n) is 10.0. The van der Waals surface area contributed by atoms with Gasteiger partial charge in [-0.1, -0.05) is 6.92 Å². The van der Waals surface area contributed by atoms with E-state index in [0.29, 0.717) is 6.54 Å². The van der Waals surface area contributed by atoms with Gasteiger partial charge in [-0.2, -0.15) is 0 Å². The van der Waals surface area contributed by atoms with E-state index < -0.39 is 0 Å². The fourth-order valence-electron chi connectivity index (χ4n) is 1.64. The molecular weight excluding hydrogens is 234 g/mol. The van der Waals surface area contributed by atoms with E-state index in [0.717, 1.165) is 6.42 Å². The molecule has 0 aromatic carbocycles. The topological polar surface area (TPSA) is 95.6 Å². The molecule has 0 fully saturated rings. The number of nitrogens with zero attached hydrogens (tertiary/aromatic N) is 2. The summed E-state index contributed by atoms with van der Waals surface area (Å²) in [5.41, 5.74) is -0.146. The molecule has 0 saturated carbocycles. The number of carbonyl (C=O) groups excluding carboxylic acids is 1. The second-order valence-corrected chi connectivity index (χ2v) is 3.99. The third kappa shape index (κ3) is 2.88. The summed E-state index contributed by atoms with van der Waals surface area (Å²) < 4.78 is 1.90. The zero-order valence-corrected chi connectivity index (χ0v) is 10.0. The van der Waals surface area contributed by atoms with Crippen molar-refractivity contribution in [3.63, 3.8) is 0 Å². The van der Waals surface area contributed by atoms with Crippen LogP contribution in [0.1, 0.15) is 23.8 Å². The molecule has 0 aliphatic rings. The molecule has 18 heavy (non-hydrogen) atoms. The van der Waals surface area contributed by atoms with Crippen LogP contribution in [-0.2, 0) is 6.54 Å². The van der Waals surface area contributed by atoms with E-state index in [4.69, 9.17) is 0 Å². The number of aromatic amines is 2. The van der Waals surface area contributed by atoms with Crippen molar-refractivity contribution in [2.45, 2.75) is 25.9 Å². The average Bonchev–Trinajstić information content (AvgIpc) is 2.99. The molecule has 0 aliphatic carbocycles. The number of hydrogen-bond acceptors (Lipinski definition) is 3. The van der Waals surface area contributed by atoms with E-state index in [1.54, 1.807) is 12.5 Å². The molecule has 1 unspecified atom stereocenters. The number of aromatic nitrogens is 4. The fraction of sp³-hybridized carbons (Fsp3) is 0.364. The molecule has 1 atom stereocenters. The summed E-state index contributed by atoms with van der Waals surface area (Å²) in [6.45, 7) is 2.64. The van der Waals surface area contributed by atoms with Crippen molar-refractivity contribution in [3.8, 4) is 0 Å². The molecule has 2 aromatic heterocycles. The molecular formula is C11H15N5O2. The molecule has 2 aromatic rings. The zero-order chi connectivity index (χ0) is 13.0. The quantitative estimate of drug-likeness (QED) is 0.701. The molecule has 7 heteroatoms. The standard InChI is InChI=1S/C11H15N5O2/c1-2-8(6-16-4-3-12-7-16)14-10(17)9-5-13-11(18)15-9/h3-5,7-8H,2,6H2,1H3,(H,14,17)(H2,13,15,18). The summed E-state index contributed by atoms with van der Waals surface area (Å²) in [6, 6.07) is -0.00916. The minimum absolute atomic E-state index is 0.00916. The molecule has 2 rings (SSSR count). The van der Waals surface area contributed by atoms with Gasteiger partial charge in [-0.3, -0.25) is 4.79 Å². The molecule has 0 bridgehead atoms. The predicted octanol–water partition coefficient (Wildman–Crippen LogP) is 0.108. The average molecular weight is 249 g/mol. The van der Waals surface area contributed by atoms with Gasteiger partial charge in [-0.15, -0.1) is 0 Å². The third-order valence-corrected chi connectivity index (χ3v) is 2.66. The Morgan fingerprint density at radius 2 is 2.44 bits per heavy atom. The van der Waals surface area contributed by atoms with Crippen molar-refractivity contribution in [1.82, 2.24) is 24.8 Å². The van der Waals surface area contributed by atoms with Gasteiger partial charge >= 0.3 is 5.69 Å². The minimum atomic E-state index is -0.386. The number of imidazole rings is 2. The van der Waals surface area contributed by atoms with E-state index in [1.165, 1.54) is 6.20 Å². The number of rotatable bonds is 5. The number of nitrogens with one attached hydrogen (secondary N) is 3. The molecule has 96 valence electrons. The van der Waals surface area contributed by atoms with Crippen LogP contribution in [0.4, 0.5) is 0 Å². The molecule has 0 aliphatic heterocycles. The van der Waals surface area contributed by atoms with Crippen LogP contribution in [-0.4, -0.2) is 31.5 Å². The predicted molar refractivity (Wildman–Crippen MR) is 65.2 cm³/mol. The highest BCUT2D eigenvalue weighted by Gasteiger charge is 2.13. The Balaban J connectivity index is 1.98. The Kier molecular flexibility index (Phi) is 3.61. The van der Waals surface area contributed by atoms with E-state index in [1.807, 2.05) is 17.7 Å². The van der Waals surface area contributed by atoms with Crippen molar-refractivity contribution in [3.05, 3.63) is 41.1 Å². The van der Waals surface area contributed by atoms with Gasteiger partial charge in [0.15, 0.2) is 0 Å². The summed E-state index contributed by atoms with van der Waals surface area (Å²) >= 11 is 0. The number of amides is 1. The van der Waals surface area contributed by atoms with Crippen molar-refractivity contribution in [2.75, 3.05) is 0 Å². The van der Waals surface area contributed by atoms with Crippen LogP contribution in [0, 0.1) is 0 Å². The highest BCUT2D eigenvalue weighted by atomic mass is 16.2. The Morgan fingerprint density at radius 3 is 3.00 bits per heavy atom. The first-order valence-corrected chi connectivity index (χ1v) is 5.73. The van der Waals surface area contributed by atoms with Crippen LogP contribution >= 0.6 is 0 Å². The van der Waals surface area contributed by atoms with Crippen molar-refractivity contribution in [2.24, 2.45) is 0 Å². The Bertz CT molecular complexity index is 554. The SMILES string of the molecule is CCC(Cn1ccnc1)NC(=O)c1c[nH]c(=O)[nH]1. The summed E-state index contributed by atoms with van der Waals surface area (Å²) in [5.74, 6) is -0.291. The van der Waals surface area contributed by atoms with Gasteiger partial charge < -0.3 is 19.9 Å². The monoisotopic (exact) mass is 249 g/mol. The van der Waals surface area contributed by atoms with Crippen LogP contribution in [0.2, 0.25) is 0 Å². The largest absolute Gasteiger partial charge is 0.346 e. The normalized spacial score (nSPS) is 12.3. The van der Waals surface area contributed by atoms with Gasteiger partial charge in [-0.05, 0) is 6.42 Å². The first-order valence-electron chi connectivity index (χ1n) is 5.73. The molecule has 1 amide bonds. The lowest BCUT2D eigenvalue weighted by molar-refractivity contribution is 0.0927. The van der Waals surface area contributed by atoms with Crippen molar-refractivity contribution < 1.29 is 4.79 Å². The number of H-pyrrole nitrogens is 2. The summed E-state index contributed by atoms with van der Waals surface area (Å²) in [7, 11) is 0. The maximum Gasteiger partial charge on any atom is 0.323 e. The summed E-state index contributed by atoms with van der Waals surface area (Å²) in [6.07, 6.45) is 7.39. The molecule has 7 nitrogen and oxygen atoms in total. The Labute approximate surface area is 103 Å². The fourth-order valence-corrected chi connectivity index (χ4v) is 1.64. The van der Waals surface area contributed by atoms with E-state index in [9.17, 15) is 9.59 Å². The highest BCUT2D eigenvalue weighted by Crippen LogP contribution is 1.99. The van der Waals surface area contributed by atoms with E-state index in [-0.39, 0.29) is 23.3 Å². The third-order valence-electron chi connectivity index (χ3n) is 2.66. The Morgan fingerprint density at radius 1 is 1.61 bits per heavy atom. The van der Waals surface area contributed by atoms with Gasteiger partial charge in [0, 0.05) is 31.2 Å². The second kappa shape index (κ2) is 5.35. The lowest BCUT2D eigenvalue weighted by atomic mass is 10.2. The minimum Gasteiger partial charge on any atom is -0.346 e. The maximum atomic E-state index is 11.8. The Hall–Kier alpha value is -2.31. The first-order chi connectivity index (χ1) is 8.69. The lowest BCUT2D eigenvalue weighted by Gasteiger charge is -2.16. The van der Waals surface area contributed by atoms with Gasteiger partial charge in [0.25, 0.3) is 5.91 Å². The maximum absolute atomic E-state index is 11.8. The van der Waals surface area contributed by atoms with Gasteiger partial charge in [-0.25, -0.2) is 9.78 Å². The van der Waals surface area contributed by atoms with E-state index in [2.05, 4.69) is 20.3 Å². The van der Waals surface area contributed by atoms with Crippen LogP contribution in [0.5, 0.6) is 0 Å². The molecule has 2 heterocycles. The summed E-state index contributed by atoms with van der Waals surface area (Å²) in [4.78, 5) is 31.5. The number of carbonyl (C=O) groups is 1. The number of hydrogen-bond donors (Lipinski definition) is 3. The first kappa shape index (κ1) is 12.2. The van der Waals surface area contributed by atoms with Crippen LogP contribution in [0.25, 0.3) is 0 Å². The van der Waals surface area contributed by atoms with Crippen molar-refractivity contribution in [1.29, 1.82) is 0 Å². The lowest BCUT2D eigenvalue weighted by Crippen LogP contribution is -2.37. The molecule has 0 spiro atoms.